The van der Waals surface area contributed by atoms with E-state index in [-0.39, 0.29) is 30.7 Å². The van der Waals surface area contributed by atoms with Crippen LogP contribution in [0.25, 0.3) is 10.8 Å². The fourth-order valence-electron chi connectivity index (χ4n) is 3.25. The van der Waals surface area contributed by atoms with E-state index in [1.807, 2.05) is 24.3 Å². The number of rotatable bonds is 4. The summed E-state index contributed by atoms with van der Waals surface area (Å²) in [6.07, 6.45) is 0.0334. The third kappa shape index (κ3) is 3.24. The fraction of sp³-hybridized carbons (Fsp3) is 0.0952. The Balaban J connectivity index is 1.52. The SMILES string of the molecule is O=C(CCN1C(=O)c2cccc3cccc(c23)C1=O)Nc1ccc(Br)cc1. The molecular formula is C21H15BrN2O3. The molecule has 0 saturated carbocycles. The van der Waals surface area contributed by atoms with E-state index in [0.717, 1.165) is 14.8 Å². The average molecular weight is 423 g/mol. The maximum absolute atomic E-state index is 12.8. The molecular weight excluding hydrogens is 408 g/mol. The van der Waals surface area contributed by atoms with Crippen LogP contribution in [-0.4, -0.2) is 29.2 Å². The summed E-state index contributed by atoms with van der Waals surface area (Å²) < 4.78 is 0.915. The number of carbonyl (C=O) groups is 3. The molecule has 3 amide bonds. The Bertz CT molecular complexity index is 1030. The standard InChI is InChI=1S/C21H15BrN2O3/c22-14-7-9-15(10-8-14)23-18(25)11-12-24-20(26)16-5-1-3-13-4-2-6-17(19(13)16)21(24)27/h1-10H,11-12H2,(H,23,25). The molecule has 5 nitrogen and oxygen atoms in total. The van der Waals surface area contributed by atoms with Crippen LogP contribution in [0.1, 0.15) is 27.1 Å². The molecule has 1 heterocycles. The smallest absolute Gasteiger partial charge is 0.261 e. The molecule has 3 aromatic carbocycles. The van der Waals surface area contributed by atoms with Gasteiger partial charge in [-0.05, 0) is 41.8 Å². The van der Waals surface area contributed by atoms with Gasteiger partial charge in [0.05, 0.1) is 0 Å². The molecule has 0 bridgehead atoms. The Labute approximate surface area is 164 Å². The second-order valence-corrected chi connectivity index (χ2v) is 7.19. The Morgan fingerprint density at radius 3 is 2.07 bits per heavy atom. The minimum Gasteiger partial charge on any atom is -0.326 e. The first kappa shape index (κ1) is 17.4. The molecule has 1 aliphatic heterocycles. The van der Waals surface area contributed by atoms with Crippen molar-refractivity contribution in [2.24, 2.45) is 0 Å². The number of anilines is 1. The number of carbonyl (C=O) groups excluding carboxylic acids is 3. The highest BCUT2D eigenvalue weighted by Gasteiger charge is 2.32. The highest BCUT2D eigenvalue weighted by Crippen LogP contribution is 2.30. The molecule has 0 fully saturated rings. The number of nitrogens with one attached hydrogen (secondary N) is 1. The molecule has 4 rings (SSSR count). The lowest BCUT2D eigenvalue weighted by molar-refractivity contribution is -0.116. The summed E-state index contributed by atoms with van der Waals surface area (Å²) >= 11 is 3.34. The van der Waals surface area contributed by atoms with Gasteiger partial charge in [0.25, 0.3) is 11.8 Å². The van der Waals surface area contributed by atoms with E-state index in [2.05, 4.69) is 21.2 Å². The van der Waals surface area contributed by atoms with Crippen LogP contribution in [0.15, 0.2) is 65.1 Å². The van der Waals surface area contributed by atoms with E-state index in [9.17, 15) is 14.4 Å². The van der Waals surface area contributed by atoms with E-state index in [1.165, 1.54) is 0 Å². The highest BCUT2D eigenvalue weighted by molar-refractivity contribution is 9.10. The largest absolute Gasteiger partial charge is 0.326 e. The quantitative estimate of drug-likeness (QED) is 0.639. The van der Waals surface area contributed by atoms with Gasteiger partial charge in [-0.3, -0.25) is 19.3 Å². The predicted molar refractivity (Wildman–Crippen MR) is 107 cm³/mol. The van der Waals surface area contributed by atoms with Crippen LogP contribution in [-0.2, 0) is 4.79 Å². The minimum absolute atomic E-state index is 0.0325. The Kier molecular flexibility index (Phi) is 4.49. The van der Waals surface area contributed by atoms with E-state index in [0.29, 0.717) is 22.2 Å². The maximum atomic E-state index is 12.8. The second kappa shape index (κ2) is 6.96. The number of nitrogens with zero attached hydrogens (tertiary/aromatic N) is 1. The van der Waals surface area contributed by atoms with E-state index in [4.69, 9.17) is 0 Å². The van der Waals surface area contributed by atoms with Crippen molar-refractivity contribution < 1.29 is 14.4 Å². The van der Waals surface area contributed by atoms with Crippen molar-refractivity contribution in [1.29, 1.82) is 0 Å². The van der Waals surface area contributed by atoms with Gasteiger partial charge in [-0.15, -0.1) is 0 Å². The maximum Gasteiger partial charge on any atom is 0.261 e. The summed E-state index contributed by atoms with van der Waals surface area (Å²) in [7, 11) is 0. The molecule has 1 N–H and O–H groups in total. The van der Waals surface area contributed by atoms with Gasteiger partial charge in [-0.25, -0.2) is 0 Å². The Hall–Kier alpha value is -2.99. The Morgan fingerprint density at radius 1 is 0.889 bits per heavy atom. The number of halogens is 1. The third-order valence-corrected chi connectivity index (χ3v) is 5.07. The van der Waals surface area contributed by atoms with Crippen LogP contribution in [0.2, 0.25) is 0 Å². The number of amides is 3. The van der Waals surface area contributed by atoms with Crippen molar-refractivity contribution in [2.45, 2.75) is 6.42 Å². The molecule has 134 valence electrons. The molecule has 3 aromatic rings. The van der Waals surface area contributed by atoms with E-state index in [1.54, 1.807) is 36.4 Å². The monoisotopic (exact) mass is 422 g/mol. The number of benzene rings is 3. The summed E-state index contributed by atoms with van der Waals surface area (Å²) in [5, 5.41) is 4.31. The predicted octanol–water partition coefficient (Wildman–Crippen LogP) is 4.23. The lowest BCUT2D eigenvalue weighted by Crippen LogP contribution is -2.41. The van der Waals surface area contributed by atoms with Gasteiger partial charge >= 0.3 is 0 Å². The third-order valence-electron chi connectivity index (χ3n) is 4.55. The van der Waals surface area contributed by atoms with Crippen molar-refractivity contribution in [1.82, 2.24) is 4.90 Å². The van der Waals surface area contributed by atoms with Crippen LogP contribution in [0, 0.1) is 0 Å². The van der Waals surface area contributed by atoms with Gasteiger partial charge in [0.15, 0.2) is 0 Å². The summed E-state index contributed by atoms with van der Waals surface area (Å²) in [5.74, 6) is -0.975. The van der Waals surface area contributed by atoms with E-state index >= 15 is 0 Å². The zero-order chi connectivity index (χ0) is 19.0. The van der Waals surface area contributed by atoms with Crippen LogP contribution < -0.4 is 5.32 Å². The van der Waals surface area contributed by atoms with Gasteiger partial charge in [0, 0.05) is 39.6 Å². The van der Waals surface area contributed by atoms with Gasteiger partial charge in [0.2, 0.25) is 5.91 Å². The first-order chi connectivity index (χ1) is 13.0. The first-order valence-electron chi connectivity index (χ1n) is 8.48. The van der Waals surface area contributed by atoms with Gasteiger partial charge in [-0.1, -0.05) is 40.2 Å². The topological polar surface area (TPSA) is 66.5 Å². The summed E-state index contributed by atoms with van der Waals surface area (Å²) in [5.41, 5.74) is 1.65. The lowest BCUT2D eigenvalue weighted by atomic mass is 9.94. The molecule has 27 heavy (non-hydrogen) atoms. The summed E-state index contributed by atoms with van der Waals surface area (Å²) in [6.45, 7) is 0.0325. The van der Waals surface area contributed by atoms with Gasteiger partial charge < -0.3 is 5.32 Å². The van der Waals surface area contributed by atoms with E-state index < -0.39 is 0 Å². The van der Waals surface area contributed by atoms with Crippen LogP contribution in [0.5, 0.6) is 0 Å². The molecule has 0 aromatic heterocycles. The summed E-state index contributed by atoms with van der Waals surface area (Å²) in [6, 6.07) is 18.0. The molecule has 0 aliphatic carbocycles. The fourth-order valence-corrected chi connectivity index (χ4v) is 3.52. The van der Waals surface area contributed by atoms with Crippen molar-refractivity contribution in [3.8, 4) is 0 Å². The molecule has 1 aliphatic rings. The normalized spacial score (nSPS) is 13.1. The zero-order valence-electron chi connectivity index (χ0n) is 14.2. The van der Waals surface area contributed by atoms with Crippen molar-refractivity contribution in [3.05, 3.63) is 76.3 Å². The molecule has 0 atom stereocenters. The van der Waals surface area contributed by atoms with Crippen molar-refractivity contribution >= 4 is 50.1 Å². The van der Waals surface area contributed by atoms with Crippen LogP contribution in [0.3, 0.4) is 0 Å². The minimum atomic E-state index is -0.360. The van der Waals surface area contributed by atoms with Gasteiger partial charge in [-0.2, -0.15) is 0 Å². The number of imide groups is 1. The molecule has 0 unspecified atom stereocenters. The summed E-state index contributed by atoms with van der Waals surface area (Å²) in [4.78, 5) is 38.9. The number of hydrogen-bond donors (Lipinski definition) is 1. The molecule has 6 heteroatoms. The first-order valence-corrected chi connectivity index (χ1v) is 9.27. The van der Waals surface area contributed by atoms with Gasteiger partial charge in [0.1, 0.15) is 0 Å². The lowest BCUT2D eigenvalue weighted by Gasteiger charge is -2.27. The molecule has 0 saturated heterocycles. The Morgan fingerprint density at radius 2 is 1.48 bits per heavy atom. The van der Waals surface area contributed by atoms with Crippen LogP contribution >= 0.6 is 15.9 Å². The van der Waals surface area contributed by atoms with Crippen molar-refractivity contribution in [2.75, 3.05) is 11.9 Å². The highest BCUT2D eigenvalue weighted by atomic mass is 79.9. The number of hydrogen-bond acceptors (Lipinski definition) is 3. The zero-order valence-corrected chi connectivity index (χ0v) is 15.8. The molecule has 0 spiro atoms. The van der Waals surface area contributed by atoms with Crippen molar-refractivity contribution in [3.63, 3.8) is 0 Å². The van der Waals surface area contributed by atoms with Crippen LogP contribution in [0.4, 0.5) is 5.69 Å². The molecule has 0 radical (unpaired) electrons. The second-order valence-electron chi connectivity index (χ2n) is 6.28. The average Bonchev–Trinajstić information content (AvgIpc) is 2.67.